The number of nitrogens with zero attached hydrogens (tertiary/aromatic N) is 1. The maximum absolute atomic E-state index is 14.1. The van der Waals surface area contributed by atoms with Gasteiger partial charge >= 0.3 is 0 Å². The SMILES string of the molecule is NC(=S)c1ccc(N2C(=O)C3CCCC3C2=O)c(F)c1. The normalized spacial score (nSPS) is 25.1. The first-order chi connectivity index (χ1) is 9.50. The van der Waals surface area contributed by atoms with Crippen LogP contribution in [-0.2, 0) is 9.59 Å². The minimum atomic E-state index is -0.656. The van der Waals surface area contributed by atoms with Crippen LogP contribution in [0.2, 0.25) is 0 Å². The van der Waals surface area contributed by atoms with Crippen molar-refractivity contribution in [2.45, 2.75) is 19.3 Å². The zero-order valence-electron chi connectivity index (χ0n) is 10.6. The third-order valence-electron chi connectivity index (χ3n) is 4.06. The topological polar surface area (TPSA) is 63.4 Å². The lowest BCUT2D eigenvalue weighted by atomic mass is 10.00. The third-order valence-corrected chi connectivity index (χ3v) is 4.30. The highest BCUT2D eigenvalue weighted by Crippen LogP contribution is 2.42. The Balaban J connectivity index is 1.99. The summed E-state index contributed by atoms with van der Waals surface area (Å²) in [5.74, 6) is -1.80. The van der Waals surface area contributed by atoms with Gasteiger partial charge in [-0.2, -0.15) is 0 Å². The monoisotopic (exact) mass is 292 g/mol. The van der Waals surface area contributed by atoms with Crippen molar-refractivity contribution in [3.8, 4) is 0 Å². The molecule has 1 heterocycles. The van der Waals surface area contributed by atoms with Crippen LogP contribution in [0.15, 0.2) is 18.2 Å². The van der Waals surface area contributed by atoms with Gasteiger partial charge in [-0.25, -0.2) is 9.29 Å². The molecule has 1 aromatic rings. The second-order valence-corrected chi connectivity index (χ2v) is 5.63. The van der Waals surface area contributed by atoms with Crippen LogP contribution in [0.4, 0.5) is 10.1 Å². The molecule has 2 atom stereocenters. The Labute approximate surface area is 120 Å². The number of carbonyl (C=O) groups excluding carboxylic acids is 2. The lowest BCUT2D eigenvalue weighted by Crippen LogP contribution is -2.32. The fraction of sp³-hybridized carbons (Fsp3) is 0.357. The van der Waals surface area contributed by atoms with Crippen molar-refractivity contribution in [1.82, 2.24) is 0 Å². The number of hydrogen-bond donors (Lipinski definition) is 1. The minimum absolute atomic E-state index is 0.00519. The molecule has 20 heavy (non-hydrogen) atoms. The Hall–Kier alpha value is -1.82. The second-order valence-electron chi connectivity index (χ2n) is 5.19. The van der Waals surface area contributed by atoms with E-state index < -0.39 is 5.82 Å². The molecule has 1 saturated carbocycles. The average molecular weight is 292 g/mol. The number of rotatable bonds is 2. The maximum atomic E-state index is 14.1. The van der Waals surface area contributed by atoms with E-state index in [0.717, 1.165) is 17.4 Å². The van der Waals surface area contributed by atoms with Crippen molar-refractivity contribution in [3.63, 3.8) is 0 Å². The molecular weight excluding hydrogens is 279 g/mol. The molecule has 2 amide bonds. The van der Waals surface area contributed by atoms with E-state index in [-0.39, 0.29) is 34.3 Å². The molecule has 2 aliphatic rings. The number of nitrogens with two attached hydrogens (primary N) is 1. The molecule has 6 heteroatoms. The molecule has 0 aromatic heterocycles. The Morgan fingerprint density at radius 3 is 2.35 bits per heavy atom. The highest BCUT2D eigenvalue weighted by molar-refractivity contribution is 7.80. The van der Waals surface area contributed by atoms with Gasteiger partial charge in [0.2, 0.25) is 11.8 Å². The Kier molecular flexibility index (Phi) is 3.05. The zero-order valence-corrected chi connectivity index (χ0v) is 11.5. The Bertz CT molecular complexity index is 610. The van der Waals surface area contributed by atoms with E-state index in [1.807, 2.05) is 0 Å². The molecule has 0 bridgehead atoms. The van der Waals surface area contributed by atoms with E-state index in [9.17, 15) is 14.0 Å². The van der Waals surface area contributed by atoms with E-state index in [0.29, 0.717) is 18.4 Å². The average Bonchev–Trinajstić information content (AvgIpc) is 2.96. The molecule has 2 fully saturated rings. The summed E-state index contributed by atoms with van der Waals surface area (Å²) in [4.78, 5) is 25.6. The predicted molar refractivity (Wildman–Crippen MR) is 75.6 cm³/mol. The van der Waals surface area contributed by atoms with Crippen LogP contribution >= 0.6 is 12.2 Å². The highest BCUT2D eigenvalue weighted by Gasteiger charge is 2.50. The molecule has 1 saturated heterocycles. The lowest BCUT2D eigenvalue weighted by Gasteiger charge is -2.17. The van der Waals surface area contributed by atoms with E-state index in [1.165, 1.54) is 12.1 Å². The Morgan fingerprint density at radius 2 is 1.85 bits per heavy atom. The van der Waals surface area contributed by atoms with Gasteiger partial charge in [0, 0.05) is 5.56 Å². The zero-order chi connectivity index (χ0) is 14.4. The highest BCUT2D eigenvalue weighted by atomic mass is 32.1. The number of anilines is 1. The molecule has 3 rings (SSSR count). The van der Waals surface area contributed by atoms with Gasteiger partial charge in [0.25, 0.3) is 0 Å². The van der Waals surface area contributed by atoms with Crippen molar-refractivity contribution in [3.05, 3.63) is 29.6 Å². The largest absolute Gasteiger partial charge is 0.389 e. The minimum Gasteiger partial charge on any atom is -0.389 e. The number of amides is 2. The molecule has 1 aliphatic heterocycles. The first kappa shape index (κ1) is 13.2. The number of carbonyl (C=O) groups is 2. The summed E-state index contributed by atoms with van der Waals surface area (Å²) in [6.45, 7) is 0. The number of imide groups is 1. The van der Waals surface area contributed by atoms with E-state index in [2.05, 4.69) is 0 Å². The van der Waals surface area contributed by atoms with Gasteiger partial charge in [-0.05, 0) is 31.0 Å². The number of halogens is 1. The third kappa shape index (κ3) is 1.83. The summed E-state index contributed by atoms with van der Waals surface area (Å²) >= 11 is 4.78. The quantitative estimate of drug-likeness (QED) is 0.666. The molecule has 0 radical (unpaired) electrons. The van der Waals surface area contributed by atoms with Gasteiger partial charge in [0.15, 0.2) is 0 Å². The number of benzene rings is 1. The number of hydrogen-bond acceptors (Lipinski definition) is 3. The predicted octanol–water partition coefficient (Wildman–Crippen LogP) is 1.75. The van der Waals surface area contributed by atoms with Gasteiger partial charge < -0.3 is 5.73 Å². The first-order valence-corrected chi connectivity index (χ1v) is 6.88. The van der Waals surface area contributed by atoms with Crippen molar-refractivity contribution < 1.29 is 14.0 Å². The van der Waals surface area contributed by atoms with Crippen LogP contribution in [0.3, 0.4) is 0 Å². The molecular formula is C14H13FN2O2S. The summed E-state index contributed by atoms with van der Waals surface area (Å²) in [5.41, 5.74) is 5.80. The summed E-state index contributed by atoms with van der Waals surface area (Å²) < 4.78 is 14.1. The summed E-state index contributed by atoms with van der Waals surface area (Å²) in [6.07, 6.45) is 2.29. The summed E-state index contributed by atoms with van der Waals surface area (Å²) in [5, 5.41) is 0. The molecule has 1 aliphatic carbocycles. The van der Waals surface area contributed by atoms with Gasteiger partial charge in [-0.15, -0.1) is 0 Å². The van der Waals surface area contributed by atoms with Crippen molar-refractivity contribution in [1.29, 1.82) is 0 Å². The van der Waals surface area contributed by atoms with Gasteiger partial charge in [-0.3, -0.25) is 9.59 Å². The number of thiocarbonyl (C=S) groups is 1. The van der Waals surface area contributed by atoms with Crippen molar-refractivity contribution in [2.24, 2.45) is 17.6 Å². The molecule has 2 unspecified atom stereocenters. The van der Waals surface area contributed by atoms with Gasteiger partial charge in [-0.1, -0.05) is 18.6 Å². The fourth-order valence-corrected chi connectivity index (χ4v) is 3.20. The van der Waals surface area contributed by atoms with E-state index in [1.54, 1.807) is 0 Å². The van der Waals surface area contributed by atoms with Crippen molar-refractivity contribution >= 4 is 34.7 Å². The fourth-order valence-electron chi connectivity index (χ4n) is 3.07. The van der Waals surface area contributed by atoms with Crippen LogP contribution in [-0.4, -0.2) is 16.8 Å². The van der Waals surface area contributed by atoms with E-state index in [4.69, 9.17) is 18.0 Å². The molecule has 0 spiro atoms. The summed E-state index contributed by atoms with van der Waals surface area (Å²) in [7, 11) is 0. The lowest BCUT2D eigenvalue weighted by molar-refractivity contribution is -0.122. The molecule has 104 valence electrons. The molecule has 4 nitrogen and oxygen atoms in total. The Morgan fingerprint density at radius 1 is 1.25 bits per heavy atom. The van der Waals surface area contributed by atoms with Crippen LogP contribution in [0.25, 0.3) is 0 Å². The van der Waals surface area contributed by atoms with Crippen molar-refractivity contribution in [2.75, 3.05) is 4.90 Å². The smallest absolute Gasteiger partial charge is 0.237 e. The summed E-state index contributed by atoms with van der Waals surface area (Å²) in [6, 6.07) is 4.07. The van der Waals surface area contributed by atoms with Crippen LogP contribution in [0.1, 0.15) is 24.8 Å². The number of fused-ring (bicyclic) bond motifs is 1. The first-order valence-electron chi connectivity index (χ1n) is 6.48. The van der Waals surface area contributed by atoms with Crippen LogP contribution in [0, 0.1) is 17.7 Å². The molecule has 2 N–H and O–H groups in total. The van der Waals surface area contributed by atoms with E-state index >= 15 is 0 Å². The van der Waals surface area contributed by atoms with Gasteiger partial charge in [0.05, 0.1) is 17.5 Å². The standard InChI is InChI=1S/C14H13FN2O2S/c15-10-6-7(12(16)20)4-5-11(10)17-13(18)8-2-1-3-9(8)14(17)19/h4-6,8-9H,1-3H2,(H2,16,20). The molecule has 1 aromatic carbocycles. The van der Waals surface area contributed by atoms with Crippen LogP contribution < -0.4 is 10.6 Å². The second kappa shape index (κ2) is 4.63. The maximum Gasteiger partial charge on any atom is 0.237 e. The van der Waals surface area contributed by atoms with Gasteiger partial charge in [0.1, 0.15) is 10.8 Å². The van der Waals surface area contributed by atoms with Crippen LogP contribution in [0.5, 0.6) is 0 Å².